The van der Waals surface area contributed by atoms with Crippen LogP contribution in [-0.4, -0.2) is 42.9 Å². The van der Waals surface area contributed by atoms with Gasteiger partial charge in [0, 0.05) is 31.3 Å². The third-order valence-corrected chi connectivity index (χ3v) is 4.66. The second-order valence-corrected chi connectivity index (χ2v) is 6.48. The molecule has 1 fully saturated rings. The molecule has 128 valence electrons. The number of pyridine rings is 2. The smallest absolute Gasteiger partial charge is 0.253 e. The molecule has 0 aliphatic heterocycles. The van der Waals surface area contributed by atoms with Crippen molar-refractivity contribution < 1.29 is 9.90 Å². The molecule has 25 heavy (non-hydrogen) atoms. The van der Waals surface area contributed by atoms with E-state index in [0.717, 1.165) is 18.5 Å². The number of aliphatic hydroxyl groups excluding tert-OH is 1. The molecule has 3 aromatic heterocycles. The van der Waals surface area contributed by atoms with Crippen LogP contribution in [0.5, 0.6) is 0 Å². The molecule has 3 atom stereocenters. The van der Waals surface area contributed by atoms with Crippen LogP contribution in [0.1, 0.15) is 23.2 Å². The maximum atomic E-state index is 12.5. The SMILES string of the molecule is O=C(N[C@@H]1CC(Cn2cccn2)C[C@H]1O)c1cnc2cccnc2c1. The van der Waals surface area contributed by atoms with Crippen molar-refractivity contribution in [1.82, 2.24) is 25.1 Å². The standard InChI is InChI=1S/C18H19N5O2/c24-17-8-12(11-23-6-2-5-21-23)7-16(17)22-18(25)13-9-15-14(20-10-13)3-1-4-19-15/h1-6,9-10,12,16-17,24H,7-8,11H2,(H,22,25)/t12?,16-,17-/m1/s1. The lowest BCUT2D eigenvalue weighted by molar-refractivity contribution is 0.0872. The lowest BCUT2D eigenvalue weighted by atomic mass is 10.1. The van der Waals surface area contributed by atoms with E-state index < -0.39 is 6.10 Å². The Morgan fingerprint density at radius 1 is 1.24 bits per heavy atom. The van der Waals surface area contributed by atoms with Gasteiger partial charge in [-0.25, -0.2) is 0 Å². The molecule has 7 nitrogen and oxygen atoms in total. The molecule has 2 N–H and O–H groups in total. The van der Waals surface area contributed by atoms with Gasteiger partial charge < -0.3 is 10.4 Å². The van der Waals surface area contributed by atoms with Crippen molar-refractivity contribution in [3.63, 3.8) is 0 Å². The van der Waals surface area contributed by atoms with Gasteiger partial charge in [0.05, 0.1) is 28.7 Å². The van der Waals surface area contributed by atoms with Gasteiger partial charge in [0.25, 0.3) is 5.91 Å². The first-order valence-corrected chi connectivity index (χ1v) is 8.36. The Hall–Kier alpha value is -2.80. The highest BCUT2D eigenvalue weighted by Gasteiger charge is 2.34. The number of rotatable bonds is 4. The van der Waals surface area contributed by atoms with E-state index in [0.29, 0.717) is 17.5 Å². The molecule has 1 unspecified atom stereocenters. The van der Waals surface area contributed by atoms with Crippen molar-refractivity contribution >= 4 is 16.9 Å². The summed E-state index contributed by atoms with van der Waals surface area (Å²) in [5.74, 6) is 0.0560. The number of hydrogen-bond acceptors (Lipinski definition) is 5. The predicted octanol–water partition coefficient (Wildman–Crippen LogP) is 1.40. The summed E-state index contributed by atoms with van der Waals surface area (Å²) >= 11 is 0. The third kappa shape index (κ3) is 3.36. The monoisotopic (exact) mass is 337 g/mol. The highest BCUT2D eigenvalue weighted by atomic mass is 16.3. The minimum atomic E-state index is -0.545. The summed E-state index contributed by atoms with van der Waals surface area (Å²) in [6.07, 6.45) is 7.70. The van der Waals surface area contributed by atoms with Crippen molar-refractivity contribution in [2.45, 2.75) is 31.5 Å². The highest BCUT2D eigenvalue weighted by molar-refractivity contribution is 5.96. The number of fused-ring (bicyclic) bond motifs is 1. The van der Waals surface area contributed by atoms with Gasteiger partial charge >= 0.3 is 0 Å². The van der Waals surface area contributed by atoms with Crippen molar-refractivity contribution in [3.8, 4) is 0 Å². The summed E-state index contributed by atoms with van der Waals surface area (Å²) < 4.78 is 1.86. The van der Waals surface area contributed by atoms with E-state index in [2.05, 4.69) is 20.4 Å². The minimum Gasteiger partial charge on any atom is -0.391 e. The fourth-order valence-corrected chi connectivity index (χ4v) is 3.42. The Labute approximate surface area is 144 Å². The highest BCUT2D eigenvalue weighted by Crippen LogP contribution is 2.27. The molecule has 0 spiro atoms. The molecule has 3 heterocycles. The molecule has 1 aliphatic rings. The van der Waals surface area contributed by atoms with Gasteiger partial charge in [-0.15, -0.1) is 0 Å². The second kappa shape index (κ2) is 6.60. The summed E-state index contributed by atoms with van der Waals surface area (Å²) in [7, 11) is 0. The van der Waals surface area contributed by atoms with Crippen molar-refractivity contribution in [3.05, 3.63) is 54.6 Å². The zero-order valence-electron chi connectivity index (χ0n) is 13.6. The van der Waals surface area contributed by atoms with E-state index in [1.54, 1.807) is 24.7 Å². The van der Waals surface area contributed by atoms with Gasteiger partial charge in [-0.2, -0.15) is 5.10 Å². The first kappa shape index (κ1) is 15.7. The molecule has 0 saturated heterocycles. The van der Waals surface area contributed by atoms with Crippen molar-refractivity contribution in [1.29, 1.82) is 0 Å². The molecular formula is C18H19N5O2. The Morgan fingerprint density at radius 2 is 2.16 bits per heavy atom. The topological polar surface area (TPSA) is 92.9 Å². The fraction of sp³-hybridized carbons (Fsp3) is 0.333. The molecule has 3 aromatic rings. The van der Waals surface area contributed by atoms with Gasteiger partial charge in [0.15, 0.2) is 0 Å². The van der Waals surface area contributed by atoms with Crippen LogP contribution in [0, 0.1) is 5.92 Å². The number of nitrogens with zero attached hydrogens (tertiary/aromatic N) is 4. The first-order chi connectivity index (χ1) is 12.2. The number of aromatic nitrogens is 4. The number of nitrogens with one attached hydrogen (secondary N) is 1. The second-order valence-electron chi connectivity index (χ2n) is 6.48. The Balaban J connectivity index is 1.42. The summed E-state index contributed by atoms with van der Waals surface area (Å²) in [6.45, 7) is 0.748. The zero-order chi connectivity index (χ0) is 17.2. The van der Waals surface area contributed by atoms with E-state index >= 15 is 0 Å². The van der Waals surface area contributed by atoms with Crippen LogP contribution in [-0.2, 0) is 6.54 Å². The van der Waals surface area contributed by atoms with E-state index in [9.17, 15) is 9.90 Å². The number of carbonyl (C=O) groups is 1. The number of carbonyl (C=O) groups excluding carboxylic acids is 1. The molecule has 0 aromatic carbocycles. The third-order valence-electron chi connectivity index (χ3n) is 4.66. The van der Waals surface area contributed by atoms with Crippen LogP contribution in [0.4, 0.5) is 0 Å². The van der Waals surface area contributed by atoms with Crippen LogP contribution in [0.2, 0.25) is 0 Å². The maximum Gasteiger partial charge on any atom is 0.253 e. The van der Waals surface area contributed by atoms with Crippen molar-refractivity contribution in [2.75, 3.05) is 0 Å². The van der Waals surface area contributed by atoms with Crippen LogP contribution < -0.4 is 5.32 Å². The van der Waals surface area contributed by atoms with E-state index in [1.807, 2.05) is 29.1 Å². The first-order valence-electron chi connectivity index (χ1n) is 8.36. The summed E-state index contributed by atoms with van der Waals surface area (Å²) in [5, 5.41) is 17.4. The molecule has 0 radical (unpaired) electrons. The lowest BCUT2D eigenvalue weighted by Crippen LogP contribution is -2.40. The van der Waals surface area contributed by atoms with Gasteiger partial charge in [-0.1, -0.05) is 0 Å². The quantitative estimate of drug-likeness (QED) is 0.750. The zero-order valence-corrected chi connectivity index (χ0v) is 13.6. The van der Waals surface area contributed by atoms with Crippen LogP contribution >= 0.6 is 0 Å². The summed E-state index contributed by atoms with van der Waals surface area (Å²) in [6, 6.07) is 7.01. The summed E-state index contributed by atoms with van der Waals surface area (Å²) in [4.78, 5) is 21.0. The van der Waals surface area contributed by atoms with Crippen LogP contribution in [0.25, 0.3) is 11.0 Å². The Bertz CT molecular complexity index is 880. The number of aliphatic hydroxyl groups is 1. The summed E-state index contributed by atoms with van der Waals surface area (Å²) in [5.41, 5.74) is 1.88. The van der Waals surface area contributed by atoms with E-state index in [-0.39, 0.29) is 17.9 Å². The van der Waals surface area contributed by atoms with E-state index in [1.165, 1.54) is 0 Å². The van der Waals surface area contributed by atoms with Gasteiger partial charge in [-0.05, 0) is 43.0 Å². The maximum absolute atomic E-state index is 12.5. The molecule has 7 heteroatoms. The largest absolute Gasteiger partial charge is 0.391 e. The van der Waals surface area contributed by atoms with Crippen LogP contribution in [0.3, 0.4) is 0 Å². The Kier molecular flexibility index (Phi) is 4.15. The molecule has 1 amide bonds. The molecule has 1 saturated carbocycles. The average molecular weight is 337 g/mol. The van der Waals surface area contributed by atoms with E-state index in [4.69, 9.17) is 0 Å². The fourth-order valence-electron chi connectivity index (χ4n) is 3.42. The molecule has 1 aliphatic carbocycles. The Morgan fingerprint density at radius 3 is 3.00 bits per heavy atom. The predicted molar refractivity (Wildman–Crippen MR) is 91.8 cm³/mol. The van der Waals surface area contributed by atoms with Gasteiger partial charge in [-0.3, -0.25) is 19.4 Å². The molecular weight excluding hydrogens is 318 g/mol. The van der Waals surface area contributed by atoms with Crippen LogP contribution in [0.15, 0.2) is 49.1 Å². The number of amides is 1. The average Bonchev–Trinajstić information content (AvgIpc) is 3.25. The lowest BCUT2D eigenvalue weighted by Gasteiger charge is -2.16. The molecule has 4 rings (SSSR count). The number of hydrogen-bond donors (Lipinski definition) is 2. The normalized spacial score (nSPS) is 23.0. The minimum absolute atomic E-state index is 0.233. The van der Waals surface area contributed by atoms with Crippen molar-refractivity contribution in [2.24, 2.45) is 5.92 Å². The molecule has 0 bridgehead atoms. The van der Waals surface area contributed by atoms with Gasteiger partial charge in [0.1, 0.15) is 0 Å². The van der Waals surface area contributed by atoms with Gasteiger partial charge in [0.2, 0.25) is 0 Å².